The van der Waals surface area contributed by atoms with Crippen molar-refractivity contribution in [3.8, 4) is 0 Å². The fraction of sp³-hybridized carbons (Fsp3) is 0. The van der Waals surface area contributed by atoms with E-state index in [9.17, 15) is 23.7 Å². The van der Waals surface area contributed by atoms with E-state index in [2.05, 4.69) is 0 Å². The van der Waals surface area contributed by atoms with Crippen molar-refractivity contribution in [2.24, 2.45) is 5.73 Å². The Balaban J connectivity index is 0.00000225. The Morgan fingerprint density at radius 3 is 2.38 bits per heavy atom. The molecule has 1 amide bonds. The summed E-state index contributed by atoms with van der Waals surface area (Å²) in [6.45, 7) is 0. The monoisotopic (exact) mass is 252 g/mol. The third-order valence-corrected chi connectivity index (χ3v) is 2.32. The molecule has 0 spiro atoms. The number of nitrogens with two attached hydrogens (primary N) is 1. The van der Waals surface area contributed by atoms with Crippen molar-refractivity contribution >= 4 is 22.7 Å². The van der Waals surface area contributed by atoms with E-state index in [-0.39, 0.29) is 35.1 Å². The van der Waals surface area contributed by atoms with Gasteiger partial charge in [0.05, 0.1) is 4.92 Å². The average Bonchev–Trinajstić information content (AvgIpc) is 2.16. The van der Waals surface area contributed by atoms with Crippen LogP contribution < -0.4 is 35.3 Å². The van der Waals surface area contributed by atoms with Crippen molar-refractivity contribution in [1.82, 2.24) is 0 Å². The van der Waals surface area contributed by atoms with E-state index in [1.165, 1.54) is 0 Å². The second-order valence-electron chi connectivity index (χ2n) is 2.54. The molecule has 1 rings (SSSR count). The van der Waals surface area contributed by atoms with Gasteiger partial charge in [0.1, 0.15) is 4.90 Å². The zero-order chi connectivity index (χ0) is 11.6. The van der Waals surface area contributed by atoms with Crippen molar-refractivity contribution < 1.29 is 48.0 Å². The number of carbonyl (C=O) groups is 1. The minimum atomic E-state index is -2.73. The van der Waals surface area contributed by atoms with Gasteiger partial charge in [-0.15, -0.1) is 0 Å². The van der Waals surface area contributed by atoms with E-state index >= 15 is 0 Å². The standard InChI is InChI=1S/C7H6N2O5S.Na/c8-7(10)4-1-2-6(15(13)14)5(3-4)9(11)12;/h1-3H,(H2,8,10)(H,13,14);/q;+1/p-1. The second-order valence-corrected chi connectivity index (χ2v) is 3.45. The Labute approximate surface area is 115 Å². The topological polar surface area (TPSA) is 126 Å². The van der Waals surface area contributed by atoms with Gasteiger partial charge in [0.25, 0.3) is 5.69 Å². The maximum atomic E-state index is 10.7. The Morgan fingerprint density at radius 2 is 2.00 bits per heavy atom. The molecule has 7 nitrogen and oxygen atoms in total. The third kappa shape index (κ3) is 3.35. The number of primary amides is 1. The van der Waals surface area contributed by atoms with Crippen molar-refractivity contribution in [3.63, 3.8) is 0 Å². The molecule has 0 fully saturated rings. The van der Waals surface area contributed by atoms with E-state index < -0.39 is 32.5 Å². The number of nitro benzene ring substituents is 1. The van der Waals surface area contributed by atoms with Crippen LogP contribution in [0.3, 0.4) is 0 Å². The van der Waals surface area contributed by atoms with Crippen LogP contribution in [-0.4, -0.2) is 19.6 Å². The molecule has 1 atom stereocenters. The molecule has 80 valence electrons. The number of carbonyl (C=O) groups excluding carboxylic acids is 1. The summed E-state index contributed by atoms with van der Waals surface area (Å²) in [5.41, 5.74) is 4.11. The Bertz CT molecular complexity index is 464. The molecular weight excluding hydrogens is 247 g/mol. The average molecular weight is 252 g/mol. The molecular formula is C7H5N2NaO5S. The van der Waals surface area contributed by atoms with Gasteiger partial charge in [-0.3, -0.25) is 19.1 Å². The summed E-state index contributed by atoms with van der Waals surface area (Å²) >= 11 is -2.73. The van der Waals surface area contributed by atoms with Gasteiger partial charge in [0, 0.05) is 11.6 Å². The molecule has 1 aromatic carbocycles. The number of hydrogen-bond acceptors (Lipinski definition) is 5. The predicted octanol–water partition coefficient (Wildman–Crippen LogP) is -3.06. The Kier molecular flexibility index (Phi) is 5.76. The fourth-order valence-electron chi connectivity index (χ4n) is 0.954. The molecule has 0 radical (unpaired) electrons. The molecule has 1 aromatic rings. The zero-order valence-corrected chi connectivity index (χ0v) is 11.0. The number of benzene rings is 1. The molecule has 9 heteroatoms. The first-order valence-electron chi connectivity index (χ1n) is 3.61. The minimum absolute atomic E-state index is 0. The number of nitrogens with zero attached hydrogens (tertiary/aromatic N) is 1. The molecule has 0 aliphatic rings. The quantitative estimate of drug-likeness (QED) is 0.264. The molecule has 0 aliphatic carbocycles. The van der Waals surface area contributed by atoms with Gasteiger partial charge in [-0.1, -0.05) is 0 Å². The summed E-state index contributed by atoms with van der Waals surface area (Å²) in [6, 6.07) is 2.90. The van der Waals surface area contributed by atoms with Gasteiger partial charge < -0.3 is 10.3 Å². The van der Waals surface area contributed by atoms with E-state index in [0.29, 0.717) is 0 Å². The fourth-order valence-corrected chi connectivity index (χ4v) is 1.44. The van der Waals surface area contributed by atoms with Gasteiger partial charge in [-0.2, -0.15) is 0 Å². The van der Waals surface area contributed by atoms with Gasteiger partial charge >= 0.3 is 29.6 Å². The van der Waals surface area contributed by atoms with Gasteiger partial charge in [-0.05, 0) is 23.2 Å². The van der Waals surface area contributed by atoms with E-state index in [1.807, 2.05) is 0 Å². The number of hydrogen-bond donors (Lipinski definition) is 1. The molecule has 1 unspecified atom stereocenters. The van der Waals surface area contributed by atoms with Gasteiger partial charge in [0.2, 0.25) is 5.91 Å². The first-order chi connectivity index (χ1) is 6.93. The molecule has 0 bridgehead atoms. The normalized spacial score (nSPS) is 11.3. The van der Waals surface area contributed by atoms with Crippen molar-refractivity contribution in [2.75, 3.05) is 0 Å². The summed E-state index contributed by atoms with van der Waals surface area (Å²) in [7, 11) is 0. The first-order valence-corrected chi connectivity index (χ1v) is 4.68. The smallest absolute Gasteiger partial charge is 0.768 e. The molecule has 0 aromatic heterocycles. The SMILES string of the molecule is NC(=O)c1ccc(S(=O)[O-])c([N+](=O)[O-])c1.[Na+]. The van der Waals surface area contributed by atoms with E-state index in [4.69, 9.17) is 5.73 Å². The Hall–Kier alpha value is -0.800. The van der Waals surface area contributed by atoms with Crippen molar-refractivity contribution in [3.05, 3.63) is 33.9 Å². The van der Waals surface area contributed by atoms with Gasteiger partial charge in [-0.25, -0.2) is 0 Å². The molecule has 0 saturated heterocycles. The number of rotatable bonds is 3. The van der Waals surface area contributed by atoms with Crippen LogP contribution in [0.1, 0.15) is 10.4 Å². The maximum absolute atomic E-state index is 10.7. The van der Waals surface area contributed by atoms with Crippen LogP contribution >= 0.6 is 0 Å². The van der Waals surface area contributed by atoms with Crippen LogP contribution in [0.2, 0.25) is 0 Å². The van der Waals surface area contributed by atoms with E-state index in [0.717, 1.165) is 18.2 Å². The summed E-state index contributed by atoms with van der Waals surface area (Å²) < 4.78 is 21.2. The third-order valence-electron chi connectivity index (χ3n) is 1.62. The predicted molar refractivity (Wildman–Crippen MR) is 48.8 cm³/mol. The van der Waals surface area contributed by atoms with Crippen LogP contribution in [-0.2, 0) is 11.1 Å². The van der Waals surface area contributed by atoms with Crippen LogP contribution in [0.15, 0.2) is 23.1 Å². The maximum Gasteiger partial charge on any atom is 1.00 e. The largest absolute Gasteiger partial charge is 1.00 e. The number of nitro groups is 1. The van der Waals surface area contributed by atoms with Crippen LogP contribution in [0.4, 0.5) is 5.69 Å². The Morgan fingerprint density at radius 1 is 1.44 bits per heavy atom. The van der Waals surface area contributed by atoms with Gasteiger partial charge in [0.15, 0.2) is 0 Å². The first kappa shape index (κ1) is 15.2. The summed E-state index contributed by atoms with van der Waals surface area (Å²) in [5, 5.41) is 10.5. The van der Waals surface area contributed by atoms with Crippen LogP contribution in [0, 0.1) is 10.1 Å². The second kappa shape index (κ2) is 6.06. The molecule has 16 heavy (non-hydrogen) atoms. The van der Waals surface area contributed by atoms with Crippen molar-refractivity contribution in [1.29, 1.82) is 0 Å². The van der Waals surface area contributed by atoms with Crippen LogP contribution in [0.5, 0.6) is 0 Å². The summed E-state index contributed by atoms with van der Waals surface area (Å²) in [5.74, 6) is -0.860. The van der Waals surface area contributed by atoms with Crippen LogP contribution in [0.25, 0.3) is 0 Å². The van der Waals surface area contributed by atoms with E-state index in [1.54, 1.807) is 0 Å². The molecule has 0 saturated carbocycles. The minimum Gasteiger partial charge on any atom is -0.768 e. The molecule has 0 aliphatic heterocycles. The summed E-state index contributed by atoms with van der Waals surface area (Å²) in [4.78, 5) is 19.8. The molecule has 0 heterocycles. The molecule has 2 N–H and O–H groups in total. The number of amides is 1. The summed E-state index contributed by atoms with van der Waals surface area (Å²) in [6.07, 6.45) is 0. The zero-order valence-electron chi connectivity index (χ0n) is 8.21. The van der Waals surface area contributed by atoms with Crippen molar-refractivity contribution in [2.45, 2.75) is 4.90 Å².